The zero-order valence-corrected chi connectivity index (χ0v) is 12.1. The van der Waals surface area contributed by atoms with Gasteiger partial charge in [0.25, 0.3) is 10.0 Å². The van der Waals surface area contributed by atoms with E-state index in [4.69, 9.17) is 5.11 Å². The van der Waals surface area contributed by atoms with Crippen LogP contribution in [0.3, 0.4) is 0 Å². The predicted octanol–water partition coefficient (Wildman–Crippen LogP) is 2.77. The predicted molar refractivity (Wildman–Crippen MR) is 75.3 cm³/mol. The summed E-state index contributed by atoms with van der Waals surface area (Å²) in [4.78, 5) is 10.6. The van der Waals surface area contributed by atoms with E-state index in [0.717, 1.165) is 18.2 Å². The van der Waals surface area contributed by atoms with Gasteiger partial charge in [0.1, 0.15) is 11.6 Å². The highest BCUT2D eigenvalue weighted by atomic mass is 32.2. The molecular weight excluding hydrogens is 316 g/mol. The largest absolute Gasteiger partial charge is 0.478 e. The summed E-state index contributed by atoms with van der Waals surface area (Å²) in [7, 11) is -4.18. The Bertz CT molecular complexity index is 830. The van der Waals surface area contributed by atoms with Crippen molar-refractivity contribution in [1.82, 2.24) is 0 Å². The Kier molecular flexibility index (Phi) is 4.14. The maximum absolute atomic E-state index is 13.1. The molecule has 116 valence electrons. The molecule has 8 heteroatoms. The number of carbonyl (C=O) groups is 1. The number of anilines is 1. The molecule has 0 aliphatic carbocycles. The standard InChI is InChI=1S/C14H11F2NO4S/c1-8-2-3-9(14(18)19)4-13(8)22(20,21)17-12-6-10(15)5-11(16)7-12/h2-7,17H,1H3,(H,18,19). The van der Waals surface area contributed by atoms with E-state index in [9.17, 15) is 22.0 Å². The van der Waals surface area contributed by atoms with Crippen LogP contribution in [0.1, 0.15) is 15.9 Å². The number of carboxylic acids is 1. The molecule has 2 aromatic rings. The summed E-state index contributed by atoms with van der Waals surface area (Å²) >= 11 is 0. The molecule has 2 rings (SSSR count). The molecule has 0 aromatic heterocycles. The van der Waals surface area contributed by atoms with Crippen LogP contribution < -0.4 is 4.72 Å². The zero-order chi connectivity index (χ0) is 16.5. The van der Waals surface area contributed by atoms with Crippen LogP contribution in [0.25, 0.3) is 0 Å². The lowest BCUT2D eigenvalue weighted by Gasteiger charge is -2.11. The summed E-state index contributed by atoms with van der Waals surface area (Å²) in [6.45, 7) is 1.48. The molecule has 0 aliphatic heterocycles. The summed E-state index contributed by atoms with van der Waals surface area (Å²) in [6.07, 6.45) is 0. The molecule has 0 radical (unpaired) electrons. The number of nitrogens with one attached hydrogen (secondary N) is 1. The summed E-state index contributed by atoms with van der Waals surface area (Å²) in [6, 6.07) is 5.82. The molecule has 0 bridgehead atoms. The van der Waals surface area contributed by atoms with Gasteiger partial charge in [-0.05, 0) is 36.8 Å². The highest BCUT2D eigenvalue weighted by Crippen LogP contribution is 2.22. The van der Waals surface area contributed by atoms with E-state index in [1.165, 1.54) is 19.1 Å². The number of hydrogen-bond donors (Lipinski definition) is 2. The minimum Gasteiger partial charge on any atom is -0.478 e. The van der Waals surface area contributed by atoms with Crippen LogP contribution in [0.4, 0.5) is 14.5 Å². The Labute approximate surface area is 125 Å². The second-order valence-electron chi connectivity index (χ2n) is 4.55. The van der Waals surface area contributed by atoms with Gasteiger partial charge >= 0.3 is 5.97 Å². The fourth-order valence-electron chi connectivity index (χ4n) is 1.85. The molecule has 0 heterocycles. The molecule has 0 spiro atoms. The second-order valence-corrected chi connectivity index (χ2v) is 6.20. The molecule has 5 nitrogen and oxygen atoms in total. The molecule has 2 aromatic carbocycles. The molecule has 0 unspecified atom stereocenters. The van der Waals surface area contributed by atoms with Crippen molar-refractivity contribution in [3.63, 3.8) is 0 Å². The first-order chi connectivity index (χ1) is 10.2. The summed E-state index contributed by atoms with van der Waals surface area (Å²) in [5.41, 5.74) is -0.205. The van der Waals surface area contributed by atoms with Crippen LogP contribution in [0.2, 0.25) is 0 Å². The van der Waals surface area contributed by atoms with E-state index in [0.29, 0.717) is 11.6 Å². The van der Waals surface area contributed by atoms with E-state index in [1.54, 1.807) is 0 Å². The van der Waals surface area contributed by atoms with Crippen molar-refractivity contribution in [2.45, 2.75) is 11.8 Å². The van der Waals surface area contributed by atoms with Gasteiger partial charge in [0.05, 0.1) is 16.1 Å². The molecule has 0 fully saturated rings. The lowest BCUT2D eigenvalue weighted by Crippen LogP contribution is -2.15. The first kappa shape index (κ1) is 15.9. The van der Waals surface area contributed by atoms with Gasteiger partial charge in [-0.15, -0.1) is 0 Å². The Morgan fingerprint density at radius 2 is 1.68 bits per heavy atom. The Balaban J connectivity index is 2.46. The summed E-state index contributed by atoms with van der Waals surface area (Å²) in [5, 5.41) is 8.91. The first-order valence-corrected chi connectivity index (χ1v) is 7.50. The lowest BCUT2D eigenvalue weighted by atomic mass is 10.1. The summed E-state index contributed by atoms with van der Waals surface area (Å²) in [5.74, 6) is -3.16. The average molecular weight is 327 g/mol. The first-order valence-electron chi connectivity index (χ1n) is 6.02. The number of rotatable bonds is 4. The van der Waals surface area contributed by atoms with E-state index >= 15 is 0 Å². The topological polar surface area (TPSA) is 83.5 Å². The maximum Gasteiger partial charge on any atom is 0.335 e. The van der Waals surface area contributed by atoms with Crippen molar-refractivity contribution >= 4 is 21.7 Å². The molecule has 0 saturated carbocycles. The maximum atomic E-state index is 13.1. The van der Waals surface area contributed by atoms with Gasteiger partial charge in [-0.3, -0.25) is 4.72 Å². The Morgan fingerprint density at radius 3 is 2.23 bits per heavy atom. The third-order valence-electron chi connectivity index (χ3n) is 2.84. The van der Waals surface area contributed by atoms with Crippen molar-refractivity contribution < 1.29 is 27.1 Å². The molecule has 0 amide bonds. The van der Waals surface area contributed by atoms with E-state index < -0.39 is 27.6 Å². The number of halogens is 2. The molecule has 0 saturated heterocycles. The smallest absolute Gasteiger partial charge is 0.335 e. The molecule has 0 atom stereocenters. The zero-order valence-electron chi connectivity index (χ0n) is 11.3. The van der Waals surface area contributed by atoms with Gasteiger partial charge in [-0.25, -0.2) is 22.0 Å². The van der Waals surface area contributed by atoms with Crippen molar-refractivity contribution in [2.24, 2.45) is 0 Å². The fraction of sp³-hybridized carbons (Fsp3) is 0.0714. The minimum absolute atomic E-state index is 0.212. The molecule has 22 heavy (non-hydrogen) atoms. The lowest BCUT2D eigenvalue weighted by molar-refractivity contribution is 0.0696. The number of aromatic carboxylic acids is 1. The van der Waals surface area contributed by atoms with E-state index in [1.807, 2.05) is 4.72 Å². The Morgan fingerprint density at radius 1 is 1.09 bits per heavy atom. The minimum atomic E-state index is -4.18. The number of carboxylic acid groups (broad SMARTS) is 1. The van der Waals surface area contributed by atoms with Crippen LogP contribution in [0.5, 0.6) is 0 Å². The number of hydrogen-bond acceptors (Lipinski definition) is 3. The molecule has 0 aliphatic rings. The third-order valence-corrected chi connectivity index (χ3v) is 4.36. The number of aryl methyl sites for hydroxylation is 1. The van der Waals surface area contributed by atoms with Crippen LogP contribution in [-0.2, 0) is 10.0 Å². The van der Waals surface area contributed by atoms with E-state index in [2.05, 4.69) is 0 Å². The molecular formula is C14H11F2NO4S. The molecule has 2 N–H and O–H groups in total. The van der Waals surface area contributed by atoms with Gasteiger partial charge < -0.3 is 5.11 Å². The normalized spacial score (nSPS) is 11.2. The van der Waals surface area contributed by atoms with Crippen LogP contribution in [0.15, 0.2) is 41.3 Å². The van der Waals surface area contributed by atoms with Crippen LogP contribution in [-0.4, -0.2) is 19.5 Å². The fourth-order valence-corrected chi connectivity index (χ4v) is 3.16. The van der Waals surface area contributed by atoms with Gasteiger partial charge in [0.15, 0.2) is 0 Å². The third kappa shape index (κ3) is 3.40. The van der Waals surface area contributed by atoms with Crippen LogP contribution >= 0.6 is 0 Å². The summed E-state index contributed by atoms with van der Waals surface area (Å²) < 4.78 is 52.8. The second kappa shape index (κ2) is 5.72. The van der Waals surface area contributed by atoms with Gasteiger partial charge in [-0.2, -0.15) is 0 Å². The highest BCUT2D eigenvalue weighted by Gasteiger charge is 2.19. The SMILES string of the molecule is Cc1ccc(C(=O)O)cc1S(=O)(=O)Nc1cc(F)cc(F)c1. The van der Waals surface area contributed by atoms with Gasteiger partial charge in [0, 0.05) is 6.07 Å². The number of benzene rings is 2. The monoisotopic (exact) mass is 327 g/mol. The number of sulfonamides is 1. The van der Waals surface area contributed by atoms with E-state index in [-0.39, 0.29) is 16.1 Å². The highest BCUT2D eigenvalue weighted by molar-refractivity contribution is 7.92. The average Bonchev–Trinajstić information content (AvgIpc) is 2.36. The van der Waals surface area contributed by atoms with Crippen molar-refractivity contribution in [2.75, 3.05) is 4.72 Å². The van der Waals surface area contributed by atoms with Crippen molar-refractivity contribution in [3.8, 4) is 0 Å². The Hall–Kier alpha value is -2.48. The van der Waals surface area contributed by atoms with Crippen molar-refractivity contribution in [1.29, 1.82) is 0 Å². The van der Waals surface area contributed by atoms with Gasteiger partial charge in [0.2, 0.25) is 0 Å². The van der Waals surface area contributed by atoms with Crippen LogP contribution in [0, 0.1) is 18.6 Å². The van der Waals surface area contributed by atoms with Crippen molar-refractivity contribution in [3.05, 3.63) is 59.2 Å². The van der Waals surface area contributed by atoms with Gasteiger partial charge in [-0.1, -0.05) is 6.07 Å². The quantitative estimate of drug-likeness (QED) is 0.904.